The molecule has 1 aliphatic heterocycles. The average Bonchev–Trinajstić information content (AvgIpc) is 2.53. The average molecular weight is 280 g/mol. The zero-order chi connectivity index (χ0) is 14.8. The molecule has 1 unspecified atom stereocenters. The second-order valence-corrected chi connectivity index (χ2v) is 6.12. The highest BCUT2D eigenvalue weighted by Crippen LogP contribution is 2.38. The second kappa shape index (κ2) is 5.90. The van der Waals surface area contributed by atoms with Crippen LogP contribution in [-0.2, 0) is 6.42 Å². The van der Waals surface area contributed by atoms with E-state index in [-0.39, 0.29) is 6.04 Å². The molecule has 0 saturated heterocycles. The molecule has 1 heterocycles. The maximum atomic E-state index is 6.33. The van der Waals surface area contributed by atoms with Crippen molar-refractivity contribution in [3.63, 3.8) is 0 Å². The van der Waals surface area contributed by atoms with Crippen LogP contribution in [0.1, 0.15) is 37.4 Å². The van der Waals surface area contributed by atoms with Gasteiger partial charge in [0.1, 0.15) is 0 Å². The summed E-state index contributed by atoms with van der Waals surface area (Å²) in [6, 6.07) is 17.4. The van der Waals surface area contributed by atoms with Gasteiger partial charge in [0.25, 0.3) is 0 Å². The van der Waals surface area contributed by atoms with Crippen molar-refractivity contribution >= 4 is 11.4 Å². The third kappa shape index (κ3) is 2.68. The van der Waals surface area contributed by atoms with Gasteiger partial charge in [0, 0.05) is 24.0 Å². The fourth-order valence-electron chi connectivity index (χ4n) is 3.29. The van der Waals surface area contributed by atoms with E-state index in [1.807, 2.05) is 0 Å². The molecule has 0 saturated carbocycles. The zero-order valence-electron chi connectivity index (χ0n) is 12.9. The van der Waals surface area contributed by atoms with Crippen LogP contribution < -0.4 is 10.6 Å². The molecule has 0 amide bonds. The van der Waals surface area contributed by atoms with E-state index in [9.17, 15) is 0 Å². The van der Waals surface area contributed by atoms with Crippen LogP contribution in [0, 0.1) is 5.92 Å². The largest absolute Gasteiger partial charge is 0.341 e. The molecule has 2 nitrogen and oxygen atoms in total. The third-order valence-corrected chi connectivity index (χ3v) is 4.41. The molecule has 0 bridgehead atoms. The van der Waals surface area contributed by atoms with Crippen LogP contribution in [0.2, 0.25) is 0 Å². The quantitative estimate of drug-likeness (QED) is 0.901. The molecule has 2 aromatic carbocycles. The topological polar surface area (TPSA) is 29.3 Å². The van der Waals surface area contributed by atoms with Crippen molar-refractivity contribution in [1.82, 2.24) is 0 Å². The molecule has 0 spiro atoms. The Balaban J connectivity index is 2.09. The lowest BCUT2D eigenvalue weighted by Crippen LogP contribution is -2.31. The summed E-state index contributed by atoms with van der Waals surface area (Å²) in [7, 11) is 0. The van der Waals surface area contributed by atoms with Crippen molar-refractivity contribution < 1.29 is 0 Å². The predicted molar refractivity (Wildman–Crippen MR) is 90.0 cm³/mol. The lowest BCUT2D eigenvalue weighted by molar-refractivity contribution is 0.560. The molecular weight excluding hydrogens is 256 g/mol. The van der Waals surface area contributed by atoms with Gasteiger partial charge < -0.3 is 10.6 Å². The summed E-state index contributed by atoms with van der Waals surface area (Å²) in [6.07, 6.45) is 2.12. The molecule has 2 heteroatoms. The molecule has 0 aromatic heterocycles. The number of benzene rings is 2. The summed E-state index contributed by atoms with van der Waals surface area (Å²) in [6.45, 7) is 5.53. The van der Waals surface area contributed by atoms with Gasteiger partial charge in [0.05, 0.1) is 0 Å². The first-order chi connectivity index (χ1) is 10.2. The minimum absolute atomic E-state index is 0.102. The Kier molecular flexibility index (Phi) is 3.98. The first-order valence-corrected chi connectivity index (χ1v) is 7.90. The minimum atomic E-state index is 0.102. The Labute approximate surface area is 127 Å². The Hall–Kier alpha value is -1.80. The Morgan fingerprint density at radius 1 is 1.10 bits per heavy atom. The minimum Gasteiger partial charge on any atom is -0.341 e. The smallest absolute Gasteiger partial charge is 0.0459 e. The summed E-state index contributed by atoms with van der Waals surface area (Å²) < 4.78 is 0. The fourth-order valence-corrected chi connectivity index (χ4v) is 3.29. The second-order valence-electron chi connectivity index (χ2n) is 6.12. The lowest BCUT2D eigenvalue weighted by Gasteiger charge is -2.36. The van der Waals surface area contributed by atoms with Gasteiger partial charge in [-0.05, 0) is 42.0 Å². The van der Waals surface area contributed by atoms with Gasteiger partial charge in [-0.25, -0.2) is 0 Å². The van der Waals surface area contributed by atoms with E-state index < -0.39 is 0 Å². The molecule has 2 N–H and O–H groups in total. The van der Waals surface area contributed by atoms with Gasteiger partial charge in [-0.1, -0.05) is 50.2 Å². The van der Waals surface area contributed by atoms with Crippen molar-refractivity contribution in [2.45, 2.75) is 32.7 Å². The number of hydrogen-bond donors (Lipinski definition) is 1. The highest BCUT2D eigenvalue weighted by Gasteiger charge is 2.24. The fraction of sp³-hybridized carbons (Fsp3) is 0.368. The molecule has 0 fully saturated rings. The zero-order valence-corrected chi connectivity index (χ0v) is 12.9. The lowest BCUT2D eigenvalue weighted by atomic mass is 9.92. The maximum absolute atomic E-state index is 6.33. The van der Waals surface area contributed by atoms with E-state index in [1.165, 1.54) is 22.5 Å². The van der Waals surface area contributed by atoms with Crippen LogP contribution >= 0.6 is 0 Å². The van der Waals surface area contributed by atoms with Gasteiger partial charge in [-0.15, -0.1) is 0 Å². The Morgan fingerprint density at radius 2 is 1.76 bits per heavy atom. The number of fused-ring (bicyclic) bond motifs is 1. The SMILES string of the molecule is CC[C@H](N)c1ccccc1N1CC(C)Cc2ccccc21. The van der Waals surface area contributed by atoms with E-state index >= 15 is 0 Å². The van der Waals surface area contributed by atoms with E-state index in [4.69, 9.17) is 5.73 Å². The Morgan fingerprint density at radius 3 is 2.52 bits per heavy atom. The van der Waals surface area contributed by atoms with Gasteiger partial charge >= 0.3 is 0 Å². The first-order valence-electron chi connectivity index (χ1n) is 7.90. The van der Waals surface area contributed by atoms with Crippen molar-refractivity contribution in [3.05, 3.63) is 59.7 Å². The molecule has 2 aromatic rings. The highest BCUT2D eigenvalue weighted by molar-refractivity contribution is 5.70. The van der Waals surface area contributed by atoms with Crippen molar-refractivity contribution in [1.29, 1.82) is 0 Å². The molecule has 1 aliphatic rings. The summed E-state index contributed by atoms with van der Waals surface area (Å²) in [4.78, 5) is 2.45. The van der Waals surface area contributed by atoms with Gasteiger partial charge in [0.15, 0.2) is 0 Å². The summed E-state index contributed by atoms with van der Waals surface area (Å²) >= 11 is 0. The summed E-state index contributed by atoms with van der Waals surface area (Å²) in [5.74, 6) is 0.658. The number of rotatable bonds is 3. The number of hydrogen-bond acceptors (Lipinski definition) is 2. The summed E-state index contributed by atoms with van der Waals surface area (Å²) in [5.41, 5.74) is 11.6. The first kappa shape index (κ1) is 14.2. The van der Waals surface area contributed by atoms with Crippen LogP contribution in [0.4, 0.5) is 11.4 Å². The van der Waals surface area contributed by atoms with E-state index in [2.05, 4.69) is 67.3 Å². The van der Waals surface area contributed by atoms with Crippen molar-refractivity contribution in [2.24, 2.45) is 11.7 Å². The number of nitrogens with zero attached hydrogens (tertiary/aromatic N) is 1. The van der Waals surface area contributed by atoms with Gasteiger partial charge in [-0.2, -0.15) is 0 Å². The standard InChI is InChI=1S/C19H24N2/c1-3-17(20)16-9-5-7-11-19(16)21-13-14(2)12-15-8-4-6-10-18(15)21/h4-11,14,17H,3,12-13,20H2,1-2H3/t14?,17-/m0/s1. The molecular formula is C19H24N2. The number of nitrogens with two attached hydrogens (primary N) is 1. The van der Waals surface area contributed by atoms with E-state index in [1.54, 1.807) is 0 Å². The van der Waals surface area contributed by atoms with E-state index in [0.717, 1.165) is 19.4 Å². The Bertz CT molecular complexity index is 620. The van der Waals surface area contributed by atoms with Gasteiger partial charge in [-0.3, -0.25) is 0 Å². The summed E-state index contributed by atoms with van der Waals surface area (Å²) in [5, 5.41) is 0. The number of para-hydroxylation sites is 2. The number of anilines is 2. The highest BCUT2D eigenvalue weighted by atomic mass is 15.1. The molecule has 21 heavy (non-hydrogen) atoms. The van der Waals surface area contributed by atoms with Crippen LogP contribution in [0.5, 0.6) is 0 Å². The van der Waals surface area contributed by atoms with Crippen LogP contribution in [0.3, 0.4) is 0 Å². The van der Waals surface area contributed by atoms with Crippen LogP contribution in [0.25, 0.3) is 0 Å². The van der Waals surface area contributed by atoms with Crippen LogP contribution in [-0.4, -0.2) is 6.54 Å². The maximum Gasteiger partial charge on any atom is 0.0459 e. The van der Waals surface area contributed by atoms with Gasteiger partial charge in [0.2, 0.25) is 0 Å². The molecule has 2 atom stereocenters. The predicted octanol–water partition coefficient (Wildman–Crippen LogP) is 4.43. The third-order valence-electron chi connectivity index (χ3n) is 4.41. The molecule has 0 radical (unpaired) electrons. The monoisotopic (exact) mass is 280 g/mol. The van der Waals surface area contributed by atoms with Crippen molar-refractivity contribution in [2.75, 3.05) is 11.4 Å². The molecule has 3 rings (SSSR count). The molecule has 110 valence electrons. The molecule has 0 aliphatic carbocycles. The van der Waals surface area contributed by atoms with Crippen molar-refractivity contribution in [3.8, 4) is 0 Å². The normalized spacial score (nSPS) is 19.2. The van der Waals surface area contributed by atoms with E-state index in [0.29, 0.717) is 5.92 Å². The van der Waals surface area contributed by atoms with Crippen LogP contribution in [0.15, 0.2) is 48.5 Å².